The number of nitrogens with zero attached hydrogens (tertiary/aromatic N) is 1. The molecule has 2 N–H and O–H groups in total. The molecule has 0 aliphatic carbocycles. The van der Waals surface area contributed by atoms with Crippen molar-refractivity contribution in [2.24, 2.45) is 0 Å². The molecule has 19 heavy (non-hydrogen) atoms. The van der Waals surface area contributed by atoms with E-state index in [-0.39, 0.29) is 0 Å². The third-order valence-electron chi connectivity index (χ3n) is 3.65. The molecule has 1 heterocycles. The Labute approximate surface area is 113 Å². The number of anilines is 1. The van der Waals surface area contributed by atoms with E-state index in [2.05, 4.69) is 29.2 Å². The quantitative estimate of drug-likeness (QED) is 0.856. The Morgan fingerprint density at radius 1 is 1.11 bits per heavy atom. The van der Waals surface area contributed by atoms with Crippen LogP contribution >= 0.6 is 0 Å². The summed E-state index contributed by atoms with van der Waals surface area (Å²) in [7, 11) is 1.68. The molecule has 0 saturated carbocycles. The lowest BCUT2D eigenvalue weighted by Crippen LogP contribution is -2.16. The second kappa shape index (κ2) is 4.94. The number of hydrogen-bond acceptors (Lipinski definition) is 3. The van der Waals surface area contributed by atoms with Gasteiger partial charge >= 0.3 is 0 Å². The highest BCUT2D eigenvalue weighted by atomic mass is 16.5. The fraction of sp³-hybridized carbons (Fsp3) is 0.250. The van der Waals surface area contributed by atoms with Crippen LogP contribution in [0.5, 0.6) is 5.75 Å². The number of rotatable bonds is 3. The van der Waals surface area contributed by atoms with Crippen LogP contribution in [0.1, 0.15) is 16.7 Å². The normalized spacial score (nSPS) is 14.4. The molecule has 0 radical (unpaired) electrons. The Hall–Kier alpha value is -2.00. The van der Waals surface area contributed by atoms with E-state index in [1.54, 1.807) is 7.11 Å². The Morgan fingerprint density at radius 3 is 2.42 bits per heavy atom. The SMILES string of the molecule is COc1ccc(N)c(CN2Cc3ccccc3C2)c1. The molecule has 98 valence electrons. The Morgan fingerprint density at radius 2 is 1.79 bits per heavy atom. The highest BCUT2D eigenvalue weighted by Crippen LogP contribution is 2.27. The molecule has 0 aromatic heterocycles. The van der Waals surface area contributed by atoms with Gasteiger partial charge in [-0.1, -0.05) is 24.3 Å². The molecule has 1 aliphatic heterocycles. The standard InChI is InChI=1S/C16H18N2O/c1-19-15-6-7-16(17)14(8-15)11-18-9-12-4-2-3-5-13(12)10-18/h2-8H,9-11,17H2,1H3. The van der Waals surface area contributed by atoms with Gasteiger partial charge in [0.15, 0.2) is 0 Å². The van der Waals surface area contributed by atoms with Gasteiger partial charge in [0.25, 0.3) is 0 Å². The maximum atomic E-state index is 6.05. The summed E-state index contributed by atoms with van der Waals surface area (Å²) in [5.74, 6) is 0.862. The Balaban J connectivity index is 1.77. The number of benzene rings is 2. The zero-order valence-corrected chi connectivity index (χ0v) is 11.1. The van der Waals surface area contributed by atoms with Gasteiger partial charge in [-0.15, -0.1) is 0 Å². The predicted molar refractivity (Wildman–Crippen MR) is 76.8 cm³/mol. The first-order valence-corrected chi connectivity index (χ1v) is 6.48. The summed E-state index contributed by atoms with van der Waals surface area (Å²) in [6.45, 7) is 2.84. The first-order valence-electron chi connectivity index (χ1n) is 6.48. The van der Waals surface area contributed by atoms with Gasteiger partial charge in [-0.25, -0.2) is 0 Å². The Kier molecular flexibility index (Phi) is 3.13. The summed E-state index contributed by atoms with van der Waals surface area (Å²) in [6, 6.07) is 14.4. The highest BCUT2D eigenvalue weighted by molar-refractivity contribution is 5.50. The summed E-state index contributed by atoms with van der Waals surface area (Å²) >= 11 is 0. The monoisotopic (exact) mass is 254 g/mol. The van der Waals surface area contributed by atoms with Gasteiger partial charge in [-0.2, -0.15) is 0 Å². The predicted octanol–water partition coefficient (Wildman–Crippen LogP) is 2.79. The molecule has 0 saturated heterocycles. The third kappa shape index (κ3) is 2.42. The second-order valence-corrected chi connectivity index (χ2v) is 4.98. The number of nitrogen functional groups attached to an aromatic ring is 1. The van der Waals surface area contributed by atoms with E-state index in [4.69, 9.17) is 10.5 Å². The maximum absolute atomic E-state index is 6.05. The van der Waals surface area contributed by atoms with Gasteiger partial charge in [0, 0.05) is 25.3 Å². The first-order chi connectivity index (χ1) is 9.26. The van der Waals surface area contributed by atoms with Crippen molar-refractivity contribution >= 4 is 5.69 Å². The number of nitrogens with two attached hydrogens (primary N) is 1. The van der Waals surface area contributed by atoms with Crippen molar-refractivity contribution in [1.82, 2.24) is 4.90 Å². The van der Waals surface area contributed by atoms with Crippen molar-refractivity contribution in [2.75, 3.05) is 12.8 Å². The van der Waals surface area contributed by atoms with E-state index in [0.29, 0.717) is 0 Å². The van der Waals surface area contributed by atoms with Gasteiger partial charge in [-0.05, 0) is 34.9 Å². The fourth-order valence-electron chi connectivity index (χ4n) is 2.60. The molecule has 3 heteroatoms. The van der Waals surface area contributed by atoms with Gasteiger partial charge < -0.3 is 10.5 Å². The molecule has 1 aliphatic rings. The average molecular weight is 254 g/mol. The molecule has 3 rings (SSSR count). The van der Waals surface area contributed by atoms with Crippen LogP contribution in [-0.2, 0) is 19.6 Å². The van der Waals surface area contributed by atoms with Crippen molar-refractivity contribution in [3.63, 3.8) is 0 Å². The van der Waals surface area contributed by atoms with Crippen LogP contribution < -0.4 is 10.5 Å². The fourth-order valence-corrected chi connectivity index (χ4v) is 2.60. The lowest BCUT2D eigenvalue weighted by atomic mass is 10.1. The smallest absolute Gasteiger partial charge is 0.119 e. The molecule has 0 unspecified atom stereocenters. The third-order valence-corrected chi connectivity index (χ3v) is 3.65. The van der Waals surface area contributed by atoms with E-state index >= 15 is 0 Å². The van der Waals surface area contributed by atoms with Crippen molar-refractivity contribution in [3.8, 4) is 5.75 Å². The zero-order valence-electron chi connectivity index (χ0n) is 11.1. The van der Waals surface area contributed by atoms with E-state index in [1.165, 1.54) is 11.1 Å². The van der Waals surface area contributed by atoms with E-state index in [0.717, 1.165) is 36.6 Å². The van der Waals surface area contributed by atoms with E-state index in [9.17, 15) is 0 Å². The minimum absolute atomic E-state index is 0.830. The van der Waals surface area contributed by atoms with Crippen molar-refractivity contribution in [2.45, 2.75) is 19.6 Å². The molecular formula is C16H18N2O. The largest absolute Gasteiger partial charge is 0.497 e. The number of ether oxygens (including phenoxy) is 1. The minimum atomic E-state index is 0.830. The van der Waals surface area contributed by atoms with Crippen LogP contribution in [0.15, 0.2) is 42.5 Å². The van der Waals surface area contributed by atoms with Gasteiger partial charge in [0.05, 0.1) is 7.11 Å². The lowest BCUT2D eigenvalue weighted by molar-refractivity contribution is 0.275. The summed E-state index contributed by atoms with van der Waals surface area (Å²) in [5, 5.41) is 0. The molecular weight excluding hydrogens is 236 g/mol. The molecule has 0 fully saturated rings. The topological polar surface area (TPSA) is 38.5 Å². The minimum Gasteiger partial charge on any atom is -0.497 e. The van der Waals surface area contributed by atoms with Gasteiger partial charge in [0.1, 0.15) is 5.75 Å². The molecule has 3 nitrogen and oxygen atoms in total. The van der Waals surface area contributed by atoms with Gasteiger partial charge in [-0.3, -0.25) is 4.90 Å². The Bertz CT molecular complexity index is 570. The van der Waals surface area contributed by atoms with E-state index in [1.807, 2.05) is 18.2 Å². The summed E-state index contributed by atoms with van der Waals surface area (Å²) in [4.78, 5) is 2.40. The summed E-state index contributed by atoms with van der Waals surface area (Å²) in [6.07, 6.45) is 0. The number of hydrogen-bond donors (Lipinski definition) is 1. The van der Waals surface area contributed by atoms with Crippen LogP contribution in [0.4, 0.5) is 5.69 Å². The van der Waals surface area contributed by atoms with Crippen LogP contribution in [0.3, 0.4) is 0 Å². The first kappa shape index (κ1) is 12.1. The summed E-state index contributed by atoms with van der Waals surface area (Å²) < 4.78 is 5.26. The van der Waals surface area contributed by atoms with Gasteiger partial charge in [0.2, 0.25) is 0 Å². The highest BCUT2D eigenvalue weighted by Gasteiger charge is 2.19. The maximum Gasteiger partial charge on any atom is 0.119 e. The van der Waals surface area contributed by atoms with E-state index < -0.39 is 0 Å². The zero-order chi connectivity index (χ0) is 13.2. The number of fused-ring (bicyclic) bond motifs is 1. The second-order valence-electron chi connectivity index (χ2n) is 4.98. The molecule has 0 atom stereocenters. The van der Waals surface area contributed by atoms with Crippen LogP contribution in [-0.4, -0.2) is 12.0 Å². The summed E-state index contributed by atoms with van der Waals surface area (Å²) in [5.41, 5.74) is 10.8. The van der Waals surface area contributed by atoms with Crippen molar-refractivity contribution in [3.05, 3.63) is 59.2 Å². The molecule has 0 amide bonds. The lowest BCUT2D eigenvalue weighted by Gasteiger charge is -2.17. The van der Waals surface area contributed by atoms with Crippen molar-refractivity contribution < 1.29 is 4.74 Å². The molecule has 0 bridgehead atoms. The average Bonchev–Trinajstić information content (AvgIpc) is 2.83. The molecule has 2 aromatic carbocycles. The number of methoxy groups -OCH3 is 1. The molecule has 2 aromatic rings. The van der Waals surface area contributed by atoms with Crippen LogP contribution in [0.2, 0.25) is 0 Å². The van der Waals surface area contributed by atoms with Crippen LogP contribution in [0, 0.1) is 0 Å². The van der Waals surface area contributed by atoms with Crippen molar-refractivity contribution in [1.29, 1.82) is 0 Å². The van der Waals surface area contributed by atoms with Crippen LogP contribution in [0.25, 0.3) is 0 Å². The molecule has 0 spiro atoms.